The summed E-state index contributed by atoms with van der Waals surface area (Å²) in [5, 5.41) is 0. The Morgan fingerprint density at radius 2 is 1.56 bits per heavy atom. The highest BCUT2D eigenvalue weighted by molar-refractivity contribution is 6.52. The van der Waals surface area contributed by atoms with Gasteiger partial charge in [0.2, 0.25) is 0 Å². The first-order valence-electron chi connectivity index (χ1n) is 3.86. The minimum atomic E-state index is -0.102. The van der Waals surface area contributed by atoms with Crippen LogP contribution in [0.25, 0.3) is 0 Å². The van der Waals surface area contributed by atoms with Gasteiger partial charge in [-0.05, 0) is 25.9 Å². The monoisotopic (exact) mass is 142 g/mol. The van der Waals surface area contributed by atoms with E-state index in [0.29, 0.717) is 0 Å². The SMILES string of the molecule is C[Si](C)N1CCCCC1. The van der Waals surface area contributed by atoms with Crippen LogP contribution < -0.4 is 0 Å². The molecule has 0 spiro atoms. The molecule has 2 heteroatoms. The Labute approximate surface area is 59.7 Å². The van der Waals surface area contributed by atoms with E-state index in [-0.39, 0.29) is 8.96 Å². The molecule has 0 aromatic heterocycles. The van der Waals surface area contributed by atoms with Crippen molar-refractivity contribution in [2.75, 3.05) is 13.1 Å². The average molecular weight is 142 g/mol. The van der Waals surface area contributed by atoms with Gasteiger partial charge < -0.3 is 4.57 Å². The number of rotatable bonds is 1. The van der Waals surface area contributed by atoms with E-state index in [1.807, 2.05) is 0 Å². The summed E-state index contributed by atoms with van der Waals surface area (Å²) >= 11 is 0. The summed E-state index contributed by atoms with van der Waals surface area (Å²) in [6.45, 7) is 7.52. The molecule has 1 nitrogen and oxygen atoms in total. The van der Waals surface area contributed by atoms with Crippen LogP contribution in [0, 0.1) is 0 Å². The average Bonchev–Trinajstić information content (AvgIpc) is 1.90. The quantitative estimate of drug-likeness (QED) is 0.504. The van der Waals surface area contributed by atoms with E-state index >= 15 is 0 Å². The Balaban J connectivity index is 2.23. The first kappa shape index (κ1) is 7.29. The Morgan fingerprint density at radius 3 is 1.89 bits per heavy atom. The first-order chi connectivity index (χ1) is 4.30. The molecule has 0 amide bonds. The smallest absolute Gasteiger partial charge is 0.129 e. The van der Waals surface area contributed by atoms with Crippen molar-refractivity contribution < 1.29 is 0 Å². The highest BCUT2D eigenvalue weighted by Gasteiger charge is 2.13. The van der Waals surface area contributed by atoms with Crippen LogP contribution in [0.4, 0.5) is 0 Å². The van der Waals surface area contributed by atoms with Gasteiger partial charge in [0.1, 0.15) is 8.96 Å². The molecule has 0 N–H and O–H groups in total. The molecule has 1 rings (SSSR count). The van der Waals surface area contributed by atoms with E-state index in [4.69, 9.17) is 0 Å². The third-order valence-electron chi connectivity index (χ3n) is 1.99. The van der Waals surface area contributed by atoms with Crippen LogP contribution in [-0.4, -0.2) is 26.6 Å². The van der Waals surface area contributed by atoms with Crippen LogP contribution in [0.5, 0.6) is 0 Å². The molecule has 0 bridgehead atoms. The molecule has 1 aliphatic heterocycles. The van der Waals surface area contributed by atoms with Crippen LogP contribution in [0.15, 0.2) is 0 Å². The summed E-state index contributed by atoms with van der Waals surface area (Å²) in [6.07, 6.45) is 4.34. The summed E-state index contributed by atoms with van der Waals surface area (Å²) in [5.41, 5.74) is 0. The van der Waals surface area contributed by atoms with Crippen molar-refractivity contribution in [2.24, 2.45) is 0 Å². The Bertz CT molecular complexity index is 77.0. The van der Waals surface area contributed by atoms with E-state index in [2.05, 4.69) is 17.7 Å². The van der Waals surface area contributed by atoms with Gasteiger partial charge in [-0.3, -0.25) is 0 Å². The fraction of sp³-hybridized carbons (Fsp3) is 1.00. The molecule has 1 heterocycles. The molecule has 0 unspecified atom stereocenters. The molecule has 1 aliphatic rings. The Hall–Kier alpha value is 0.177. The van der Waals surface area contributed by atoms with E-state index in [1.165, 1.54) is 32.4 Å². The summed E-state index contributed by atoms with van der Waals surface area (Å²) in [5.74, 6) is 0. The van der Waals surface area contributed by atoms with Crippen molar-refractivity contribution in [1.82, 2.24) is 4.57 Å². The molecule has 53 valence electrons. The van der Waals surface area contributed by atoms with Crippen LogP contribution in [0.2, 0.25) is 13.1 Å². The highest BCUT2D eigenvalue weighted by Crippen LogP contribution is 2.09. The molecule has 1 saturated heterocycles. The van der Waals surface area contributed by atoms with Crippen LogP contribution in [-0.2, 0) is 0 Å². The van der Waals surface area contributed by atoms with Crippen molar-refractivity contribution in [3.63, 3.8) is 0 Å². The second-order valence-electron chi connectivity index (χ2n) is 2.99. The van der Waals surface area contributed by atoms with Crippen molar-refractivity contribution in [2.45, 2.75) is 32.4 Å². The summed E-state index contributed by atoms with van der Waals surface area (Å²) in [4.78, 5) is 0. The van der Waals surface area contributed by atoms with Gasteiger partial charge in [-0.1, -0.05) is 19.5 Å². The minimum absolute atomic E-state index is 0.102. The minimum Gasteiger partial charge on any atom is -0.325 e. The van der Waals surface area contributed by atoms with Crippen molar-refractivity contribution in [3.05, 3.63) is 0 Å². The van der Waals surface area contributed by atoms with Crippen molar-refractivity contribution in [1.29, 1.82) is 0 Å². The van der Waals surface area contributed by atoms with Gasteiger partial charge in [0.15, 0.2) is 0 Å². The zero-order valence-electron chi connectivity index (χ0n) is 6.48. The Kier molecular flexibility index (Phi) is 2.73. The van der Waals surface area contributed by atoms with Gasteiger partial charge in [-0.2, -0.15) is 0 Å². The lowest BCUT2D eigenvalue weighted by Crippen LogP contribution is -2.38. The van der Waals surface area contributed by atoms with Crippen LogP contribution in [0.1, 0.15) is 19.3 Å². The van der Waals surface area contributed by atoms with E-state index < -0.39 is 0 Å². The third kappa shape index (κ3) is 2.10. The molecule has 0 aromatic rings. The normalized spacial score (nSPS) is 23.0. The molecule has 1 radical (unpaired) electrons. The lowest BCUT2D eigenvalue weighted by Gasteiger charge is -2.28. The third-order valence-corrected chi connectivity index (χ3v) is 3.70. The lowest BCUT2D eigenvalue weighted by molar-refractivity contribution is 0.354. The Morgan fingerprint density at radius 1 is 1.00 bits per heavy atom. The van der Waals surface area contributed by atoms with Crippen molar-refractivity contribution in [3.8, 4) is 0 Å². The number of nitrogens with zero attached hydrogens (tertiary/aromatic N) is 1. The fourth-order valence-electron chi connectivity index (χ4n) is 1.34. The first-order valence-corrected chi connectivity index (χ1v) is 6.30. The summed E-state index contributed by atoms with van der Waals surface area (Å²) < 4.78 is 2.66. The maximum atomic E-state index is 2.66. The maximum Gasteiger partial charge on any atom is 0.129 e. The molecule has 0 aliphatic carbocycles. The topological polar surface area (TPSA) is 3.24 Å². The molecule has 0 saturated carbocycles. The molecule has 1 fully saturated rings. The predicted octanol–water partition coefficient (Wildman–Crippen LogP) is 1.72. The molecule has 9 heavy (non-hydrogen) atoms. The molecular formula is C7H16NSi. The molecule has 0 aromatic carbocycles. The highest BCUT2D eigenvalue weighted by atomic mass is 28.3. The van der Waals surface area contributed by atoms with Gasteiger partial charge in [-0.25, -0.2) is 0 Å². The standard InChI is InChI=1S/C7H16NSi/c1-9(2)8-6-4-3-5-7-8/h3-7H2,1-2H3. The van der Waals surface area contributed by atoms with Crippen LogP contribution >= 0.6 is 0 Å². The summed E-state index contributed by atoms with van der Waals surface area (Å²) in [7, 11) is -0.102. The predicted molar refractivity (Wildman–Crippen MR) is 42.9 cm³/mol. The number of hydrogen-bond donors (Lipinski definition) is 0. The molecule has 0 atom stereocenters. The van der Waals surface area contributed by atoms with Gasteiger partial charge in [-0.15, -0.1) is 0 Å². The van der Waals surface area contributed by atoms with E-state index in [9.17, 15) is 0 Å². The van der Waals surface area contributed by atoms with E-state index in [1.54, 1.807) is 0 Å². The summed E-state index contributed by atoms with van der Waals surface area (Å²) in [6, 6.07) is 0. The zero-order chi connectivity index (χ0) is 6.69. The van der Waals surface area contributed by atoms with Gasteiger partial charge in [0.25, 0.3) is 0 Å². The van der Waals surface area contributed by atoms with Gasteiger partial charge >= 0.3 is 0 Å². The van der Waals surface area contributed by atoms with Gasteiger partial charge in [0, 0.05) is 0 Å². The number of piperidine rings is 1. The lowest BCUT2D eigenvalue weighted by atomic mass is 10.2. The largest absolute Gasteiger partial charge is 0.325 e. The fourth-order valence-corrected chi connectivity index (χ4v) is 2.55. The van der Waals surface area contributed by atoms with Gasteiger partial charge in [0.05, 0.1) is 0 Å². The van der Waals surface area contributed by atoms with E-state index in [0.717, 1.165) is 0 Å². The van der Waals surface area contributed by atoms with Crippen molar-refractivity contribution >= 4 is 8.96 Å². The number of hydrogen-bond acceptors (Lipinski definition) is 1. The zero-order valence-corrected chi connectivity index (χ0v) is 7.48. The maximum absolute atomic E-state index is 2.66. The van der Waals surface area contributed by atoms with Crippen LogP contribution in [0.3, 0.4) is 0 Å². The second kappa shape index (κ2) is 3.37. The second-order valence-corrected chi connectivity index (χ2v) is 5.52. The molecular weight excluding hydrogens is 126 g/mol.